The fraction of sp³-hybridized carbons (Fsp3) is 0.769. The third-order valence-electron chi connectivity index (χ3n) is 2.80. The van der Waals surface area contributed by atoms with Gasteiger partial charge in [0, 0.05) is 26.0 Å². The van der Waals surface area contributed by atoms with Crippen LogP contribution in [0.5, 0.6) is 0 Å². The summed E-state index contributed by atoms with van der Waals surface area (Å²) < 4.78 is 7.47. The summed E-state index contributed by atoms with van der Waals surface area (Å²) in [6, 6.07) is 0.331. The predicted molar refractivity (Wildman–Crippen MR) is 71.3 cm³/mol. The van der Waals surface area contributed by atoms with Crippen molar-refractivity contribution in [2.75, 3.05) is 25.6 Å². The number of nitrogens with zero attached hydrogens (tertiary/aromatic N) is 2. The van der Waals surface area contributed by atoms with Gasteiger partial charge in [0.15, 0.2) is 0 Å². The number of anilines is 1. The van der Waals surface area contributed by atoms with Crippen LogP contribution in [0.3, 0.4) is 0 Å². The van der Waals surface area contributed by atoms with Gasteiger partial charge in [-0.1, -0.05) is 27.7 Å². The van der Waals surface area contributed by atoms with Crippen molar-refractivity contribution in [1.29, 1.82) is 0 Å². The molecule has 0 radical (unpaired) electrons. The van der Waals surface area contributed by atoms with Crippen LogP contribution >= 0.6 is 0 Å². The van der Waals surface area contributed by atoms with Gasteiger partial charge in [0.05, 0.1) is 12.6 Å². The summed E-state index contributed by atoms with van der Waals surface area (Å²) in [6.07, 6.45) is 3.86. The monoisotopic (exact) mass is 239 g/mol. The Hall–Kier alpha value is -1.03. The Labute approximate surface area is 104 Å². The fourth-order valence-electron chi connectivity index (χ4n) is 1.78. The lowest BCUT2D eigenvalue weighted by molar-refractivity contribution is 0.134. The lowest BCUT2D eigenvalue weighted by Gasteiger charge is -2.24. The number of nitrogens with one attached hydrogen (secondary N) is 1. The highest BCUT2D eigenvalue weighted by Crippen LogP contribution is 2.22. The average molecular weight is 239 g/mol. The van der Waals surface area contributed by atoms with Crippen molar-refractivity contribution < 1.29 is 4.74 Å². The first-order chi connectivity index (χ1) is 8.06. The molecule has 1 aromatic heterocycles. The lowest BCUT2D eigenvalue weighted by Crippen LogP contribution is -2.22. The molecule has 0 fully saturated rings. The second-order valence-electron chi connectivity index (χ2n) is 5.20. The zero-order valence-electron chi connectivity index (χ0n) is 11.6. The van der Waals surface area contributed by atoms with Crippen LogP contribution in [0.15, 0.2) is 12.4 Å². The van der Waals surface area contributed by atoms with E-state index in [2.05, 4.69) is 42.6 Å². The van der Waals surface area contributed by atoms with Gasteiger partial charge in [-0.3, -0.25) is 0 Å². The number of ether oxygens (including phenoxy) is 1. The zero-order valence-corrected chi connectivity index (χ0v) is 11.6. The number of imidazole rings is 1. The van der Waals surface area contributed by atoms with E-state index in [4.69, 9.17) is 4.74 Å². The third-order valence-corrected chi connectivity index (χ3v) is 2.80. The van der Waals surface area contributed by atoms with Crippen LogP contribution in [0.4, 0.5) is 5.95 Å². The molecule has 0 aliphatic carbocycles. The van der Waals surface area contributed by atoms with Crippen molar-refractivity contribution in [2.45, 2.75) is 33.7 Å². The molecule has 1 N–H and O–H groups in total. The van der Waals surface area contributed by atoms with E-state index < -0.39 is 0 Å². The maximum atomic E-state index is 5.29. The molecular formula is C13H25N3O. The Bertz CT molecular complexity index is 320. The molecule has 98 valence electrons. The van der Waals surface area contributed by atoms with Crippen LogP contribution in [-0.2, 0) is 4.74 Å². The molecule has 1 rings (SSSR count). The summed E-state index contributed by atoms with van der Waals surface area (Å²) in [5, 5.41) is 3.38. The van der Waals surface area contributed by atoms with Crippen molar-refractivity contribution in [3.8, 4) is 0 Å². The average Bonchev–Trinajstić information content (AvgIpc) is 2.70. The summed E-state index contributed by atoms with van der Waals surface area (Å²) in [5.41, 5.74) is 0. The van der Waals surface area contributed by atoms with Crippen LogP contribution < -0.4 is 5.32 Å². The first-order valence-electron chi connectivity index (χ1n) is 6.31. The Morgan fingerprint density at radius 1 is 1.35 bits per heavy atom. The Kier molecular flexibility index (Phi) is 5.48. The molecule has 0 spiro atoms. The van der Waals surface area contributed by atoms with E-state index in [1.165, 1.54) is 0 Å². The van der Waals surface area contributed by atoms with Crippen LogP contribution in [0.2, 0.25) is 0 Å². The van der Waals surface area contributed by atoms with E-state index >= 15 is 0 Å². The molecule has 1 heterocycles. The molecule has 0 aliphatic heterocycles. The minimum atomic E-state index is 0.331. The minimum absolute atomic E-state index is 0.331. The Morgan fingerprint density at radius 3 is 2.59 bits per heavy atom. The summed E-state index contributed by atoms with van der Waals surface area (Å²) in [4.78, 5) is 4.37. The molecule has 17 heavy (non-hydrogen) atoms. The first-order valence-corrected chi connectivity index (χ1v) is 6.31. The number of hydrogen-bond acceptors (Lipinski definition) is 3. The molecule has 1 unspecified atom stereocenters. The summed E-state index contributed by atoms with van der Waals surface area (Å²) in [6.45, 7) is 10.4. The molecule has 0 saturated carbocycles. The standard InChI is InChI=1S/C13H25N3O/c1-10(2)8-15-13-14-6-7-16(13)12(9-17-5)11(3)4/h6-7,10-12H,8-9H2,1-5H3,(H,14,15). The summed E-state index contributed by atoms with van der Waals surface area (Å²) in [5.74, 6) is 2.07. The van der Waals surface area contributed by atoms with Crippen molar-refractivity contribution in [3.63, 3.8) is 0 Å². The normalized spacial score (nSPS) is 13.4. The third kappa shape index (κ3) is 4.04. The van der Waals surface area contributed by atoms with Crippen LogP contribution in [0.1, 0.15) is 33.7 Å². The van der Waals surface area contributed by atoms with Gasteiger partial charge >= 0.3 is 0 Å². The molecule has 0 bridgehead atoms. The topological polar surface area (TPSA) is 39.1 Å². The van der Waals surface area contributed by atoms with Crippen molar-refractivity contribution in [3.05, 3.63) is 12.4 Å². The Morgan fingerprint density at radius 2 is 2.06 bits per heavy atom. The van der Waals surface area contributed by atoms with Gasteiger partial charge in [-0.05, 0) is 11.8 Å². The van der Waals surface area contributed by atoms with E-state index in [0.29, 0.717) is 24.5 Å². The minimum Gasteiger partial charge on any atom is -0.383 e. The number of rotatable bonds is 7. The second kappa shape index (κ2) is 6.64. The van der Waals surface area contributed by atoms with Crippen LogP contribution in [0.25, 0.3) is 0 Å². The van der Waals surface area contributed by atoms with E-state index in [1.54, 1.807) is 7.11 Å². The quantitative estimate of drug-likeness (QED) is 0.795. The smallest absolute Gasteiger partial charge is 0.203 e. The molecule has 1 aromatic rings. The summed E-state index contributed by atoms with van der Waals surface area (Å²) in [7, 11) is 1.74. The maximum Gasteiger partial charge on any atom is 0.203 e. The van der Waals surface area contributed by atoms with Gasteiger partial charge in [0.1, 0.15) is 0 Å². The predicted octanol–water partition coefficient (Wildman–Crippen LogP) is 2.79. The van der Waals surface area contributed by atoms with Crippen molar-refractivity contribution in [2.24, 2.45) is 11.8 Å². The zero-order chi connectivity index (χ0) is 12.8. The van der Waals surface area contributed by atoms with Gasteiger partial charge in [0.2, 0.25) is 5.95 Å². The Balaban J connectivity index is 2.77. The molecule has 0 amide bonds. The molecular weight excluding hydrogens is 214 g/mol. The van der Waals surface area contributed by atoms with Gasteiger partial charge < -0.3 is 14.6 Å². The molecule has 0 aliphatic rings. The fourth-order valence-corrected chi connectivity index (χ4v) is 1.78. The van der Waals surface area contributed by atoms with Gasteiger partial charge in [-0.25, -0.2) is 4.98 Å². The maximum absolute atomic E-state index is 5.29. The highest BCUT2D eigenvalue weighted by Gasteiger charge is 2.18. The first kappa shape index (κ1) is 14.0. The summed E-state index contributed by atoms with van der Waals surface area (Å²) >= 11 is 0. The molecule has 1 atom stereocenters. The number of aromatic nitrogens is 2. The second-order valence-corrected chi connectivity index (χ2v) is 5.20. The van der Waals surface area contributed by atoms with Crippen LogP contribution in [0, 0.1) is 11.8 Å². The van der Waals surface area contributed by atoms with Crippen LogP contribution in [-0.4, -0.2) is 29.8 Å². The molecule has 4 nitrogen and oxygen atoms in total. The molecule has 0 aromatic carbocycles. The lowest BCUT2D eigenvalue weighted by atomic mass is 10.1. The van der Waals surface area contributed by atoms with E-state index in [-0.39, 0.29) is 0 Å². The molecule has 4 heteroatoms. The van der Waals surface area contributed by atoms with E-state index in [0.717, 1.165) is 12.5 Å². The van der Waals surface area contributed by atoms with Crippen molar-refractivity contribution >= 4 is 5.95 Å². The molecule has 0 saturated heterocycles. The highest BCUT2D eigenvalue weighted by molar-refractivity contribution is 5.26. The SMILES string of the molecule is COCC(C(C)C)n1ccnc1NCC(C)C. The largest absolute Gasteiger partial charge is 0.383 e. The number of hydrogen-bond donors (Lipinski definition) is 1. The number of methoxy groups -OCH3 is 1. The van der Waals surface area contributed by atoms with Gasteiger partial charge in [0.25, 0.3) is 0 Å². The van der Waals surface area contributed by atoms with E-state index in [1.807, 2.05) is 12.4 Å². The van der Waals surface area contributed by atoms with Gasteiger partial charge in [-0.15, -0.1) is 0 Å². The van der Waals surface area contributed by atoms with Crippen molar-refractivity contribution in [1.82, 2.24) is 9.55 Å². The highest BCUT2D eigenvalue weighted by atomic mass is 16.5. The van der Waals surface area contributed by atoms with E-state index in [9.17, 15) is 0 Å². The van der Waals surface area contributed by atoms with Gasteiger partial charge in [-0.2, -0.15) is 0 Å².